The van der Waals surface area contributed by atoms with Crippen molar-refractivity contribution < 1.29 is 19.4 Å². The molecule has 0 radical (unpaired) electrons. The third-order valence-corrected chi connectivity index (χ3v) is 5.47. The number of rotatable bonds is 4. The minimum Gasteiger partial charge on any atom is -0.504 e. The Morgan fingerprint density at radius 2 is 1.82 bits per heavy atom. The summed E-state index contributed by atoms with van der Waals surface area (Å²) in [5.74, 6) is -0.124. The maximum Gasteiger partial charge on any atom is 0.293 e. The second-order valence-corrected chi connectivity index (χ2v) is 7.34. The molecule has 3 aromatic rings. The van der Waals surface area contributed by atoms with Crippen LogP contribution in [0.4, 0.5) is 4.79 Å². The van der Waals surface area contributed by atoms with E-state index in [0.29, 0.717) is 11.3 Å². The van der Waals surface area contributed by atoms with Crippen molar-refractivity contribution in [2.75, 3.05) is 7.11 Å². The first kappa shape index (κ1) is 18.1. The molecule has 0 aromatic heterocycles. The molecule has 2 amide bonds. The molecule has 0 bridgehead atoms. The molecule has 0 unspecified atom stereocenters. The highest BCUT2D eigenvalue weighted by Crippen LogP contribution is 2.37. The van der Waals surface area contributed by atoms with E-state index in [1.165, 1.54) is 18.1 Å². The average Bonchev–Trinajstić information content (AvgIpc) is 2.97. The standard InChI is InChI=1S/C22H17NO4S/c1-27-18-8-4-7-17(20(18)24)12-19-21(25)23(22(26)28-19)13-14-9-10-15-5-2-3-6-16(15)11-14/h2-12,24H,13H2,1H3/b19-12-. The van der Waals surface area contributed by atoms with E-state index >= 15 is 0 Å². The van der Waals surface area contributed by atoms with E-state index in [2.05, 4.69) is 0 Å². The molecule has 5 nitrogen and oxygen atoms in total. The number of methoxy groups -OCH3 is 1. The Morgan fingerprint density at radius 3 is 2.61 bits per heavy atom. The predicted octanol–water partition coefficient (Wildman–Crippen LogP) is 4.79. The van der Waals surface area contributed by atoms with Crippen LogP contribution in [0.3, 0.4) is 0 Å². The Hall–Kier alpha value is -3.25. The fourth-order valence-corrected chi connectivity index (χ4v) is 3.95. The third-order valence-electron chi connectivity index (χ3n) is 4.56. The number of fused-ring (bicyclic) bond motifs is 1. The third kappa shape index (κ3) is 3.34. The second-order valence-electron chi connectivity index (χ2n) is 6.35. The van der Waals surface area contributed by atoms with Crippen molar-refractivity contribution in [3.63, 3.8) is 0 Å². The topological polar surface area (TPSA) is 66.8 Å². The SMILES string of the molecule is COc1cccc(/C=C2\SC(=O)N(Cc3ccc4ccccc4c3)C2=O)c1O. The van der Waals surface area contributed by atoms with E-state index in [0.717, 1.165) is 28.1 Å². The Labute approximate surface area is 166 Å². The summed E-state index contributed by atoms with van der Waals surface area (Å²) in [5.41, 5.74) is 1.31. The summed E-state index contributed by atoms with van der Waals surface area (Å²) in [6.07, 6.45) is 1.52. The molecule has 4 rings (SSSR count). The van der Waals surface area contributed by atoms with Gasteiger partial charge in [0.25, 0.3) is 11.1 Å². The number of phenols is 1. The zero-order valence-corrected chi connectivity index (χ0v) is 15.9. The van der Waals surface area contributed by atoms with E-state index < -0.39 is 0 Å². The zero-order valence-electron chi connectivity index (χ0n) is 15.1. The first-order valence-electron chi connectivity index (χ1n) is 8.66. The number of hydrogen-bond acceptors (Lipinski definition) is 5. The first-order chi connectivity index (χ1) is 13.6. The molecule has 6 heteroatoms. The van der Waals surface area contributed by atoms with Crippen LogP contribution < -0.4 is 4.74 Å². The van der Waals surface area contributed by atoms with Crippen molar-refractivity contribution in [1.82, 2.24) is 4.90 Å². The molecule has 1 aliphatic rings. The van der Waals surface area contributed by atoms with Gasteiger partial charge in [-0.25, -0.2) is 0 Å². The molecule has 1 fully saturated rings. The summed E-state index contributed by atoms with van der Waals surface area (Å²) in [4.78, 5) is 26.7. The van der Waals surface area contributed by atoms with Crippen LogP contribution in [-0.2, 0) is 11.3 Å². The van der Waals surface area contributed by atoms with Crippen molar-refractivity contribution in [2.24, 2.45) is 0 Å². The van der Waals surface area contributed by atoms with Crippen molar-refractivity contribution in [3.05, 3.63) is 76.7 Å². The lowest BCUT2D eigenvalue weighted by Crippen LogP contribution is -2.27. The molecular weight excluding hydrogens is 374 g/mol. The summed E-state index contributed by atoms with van der Waals surface area (Å²) in [6.45, 7) is 0.205. The lowest BCUT2D eigenvalue weighted by molar-refractivity contribution is -0.123. The number of nitrogens with zero attached hydrogens (tertiary/aromatic N) is 1. The molecule has 140 valence electrons. The summed E-state index contributed by atoms with van der Waals surface area (Å²) in [7, 11) is 1.45. The molecule has 1 aliphatic heterocycles. The van der Waals surface area contributed by atoms with Crippen LogP contribution in [0.2, 0.25) is 0 Å². The Morgan fingerprint density at radius 1 is 1.04 bits per heavy atom. The summed E-state index contributed by atoms with van der Waals surface area (Å²) in [6, 6.07) is 18.8. The van der Waals surface area contributed by atoms with Gasteiger partial charge in [0.1, 0.15) is 0 Å². The highest BCUT2D eigenvalue weighted by atomic mass is 32.2. The quantitative estimate of drug-likeness (QED) is 0.648. The van der Waals surface area contributed by atoms with E-state index in [9.17, 15) is 14.7 Å². The number of benzene rings is 3. The van der Waals surface area contributed by atoms with E-state index in [1.807, 2.05) is 42.5 Å². The van der Waals surface area contributed by atoms with Crippen LogP contribution in [0.5, 0.6) is 11.5 Å². The van der Waals surface area contributed by atoms with Crippen LogP contribution in [0.15, 0.2) is 65.6 Å². The average molecular weight is 391 g/mol. The van der Waals surface area contributed by atoms with Gasteiger partial charge in [-0.1, -0.05) is 48.5 Å². The van der Waals surface area contributed by atoms with Crippen molar-refractivity contribution >= 4 is 39.8 Å². The van der Waals surface area contributed by atoms with E-state index in [4.69, 9.17) is 4.74 Å². The van der Waals surface area contributed by atoms with Crippen molar-refractivity contribution in [3.8, 4) is 11.5 Å². The zero-order chi connectivity index (χ0) is 19.7. The van der Waals surface area contributed by atoms with Gasteiger partial charge < -0.3 is 9.84 Å². The normalized spacial score (nSPS) is 15.6. The number of hydrogen-bond donors (Lipinski definition) is 1. The summed E-state index contributed by atoms with van der Waals surface area (Å²) in [5, 5.41) is 12.1. The second kappa shape index (κ2) is 7.40. The number of carbonyl (C=O) groups is 2. The Bertz CT molecular complexity index is 1120. The Balaban J connectivity index is 1.60. The van der Waals surface area contributed by atoms with Crippen LogP contribution in [-0.4, -0.2) is 28.3 Å². The molecule has 0 aliphatic carbocycles. The maximum atomic E-state index is 12.8. The van der Waals surface area contributed by atoms with Gasteiger partial charge in [-0.05, 0) is 46.3 Å². The molecule has 1 heterocycles. The minimum atomic E-state index is -0.370. The van der Waals surface area contributed by atoms with E-state index in [1.54, 1.807) is 18.2 Å². The van der Waals surface area contributed by atoms with Crippen LogP contribution in [0.25, 0.3) is 16.8 Å². The number of ether oxygens (including phenoxy) is 1. The highest BCUT2D eigenvalue weighted by molar-refractivity contribution is 8.18. The lowest BCUT2D eigenvalue weighted by atomic mass is 10.1. The molecule has 0 saturated carbocycles. The largest absolute Gasteiger partial charge is 0.504 e. The van der Waals surface area contributed by atoms with Gasteiger partial charge in [0.2, 0.25) is 0 Å². The van der Waals surface area contributed by atoms with Gasteiger partial charge in [-0.3, -0.25) is 14.5 Å². The van der Waals surface area contributed by atoms with Gasteiger partial charge in [0, 0.05) is 5.56 Å². The molecule has 28 heavy (non-hydrogen) atoms. The summed E-state index contributed by atoms with van der Waals surface area (Å²) >= 11 is 0.868. The first-order valence-corrected chi connectivity index (χ1v) is 9.47. The van der Waals surface area contributed by atoms with Gasteiger partial charge in [-0.2, -0.15) is 0 Å². The summed E-state index contributed by atoms with van der Waals surface area (Å²) < 4.78 is 5.08. The monoisotopic (exact) mass is 391 g/mol. The van der Waals surface area contributed by atoms with Gasteiger partial charge in [0.05, 0.1) is 18.6 Å². The van der Waals surface area contributed by atoms with Gasteiger partial charge in [0.15, 0.2) is 11.5 Å². The fourth-order valence-electron chi connectivity index (χ4n) is 3.12. The number of carbonyl (C=O) groups excluding carboxylic acids is 2. The maximum absolute atomic E-state index is 12.8. The Kier molecular flexibility index (Phi) is 4.79. The van der Waals surface area contributed by atoms with Crippen LogP contribution in [0, 0.1) is 0 Å². The highest BCUT2D eigenvalue weighted by Gasteiger charge is 2.35. The molecule has 1 saturated heterocycles. The van der Waals surface area contributed by atoms with Crippen molar-refractivity contribution in [1.29, 1.82) is 0 Å². The number of para-hydroxylation sites is 1. The van der Waals surface area contributed by atoms with Gasteiger partial charge in [-0.15, -0.1) is 0 Å². The number of thioether (sulfide) groups is 1. The molecule has 3 aromatic carbocycles. The lowest BCUT2D eigenvalue weighted by Gasteiger charge is -2.13. The number of imide groups is 1. The van der Waals surface area contributed by atoms with Crippen LogP contribution in [0.1, 0.15) is 11.1 Å². The molecular formula is C22H17NO4S. The van der Waals surface area contributed by atoms with Crippen LogP contribution >= 0.6 is 11.8 Å². The number of amides is 2. The van der Waals surface area contributed by atoms with E-state index in [-0.39, 0.29) is 28.3 Å². The predicted molar refractivity (Wildman–Crippen MR) is 110 cm³/mol. The van der Waals surface area contributed by atoms with Gasteiger partial charge >= 0.3 is 0 Å². The van der Waals surface area contributed by atoms with Crippen molar-refractivity contribution in [2.45, 2.75) is 6.54 Å². The molecule has 1 N–H and O–H groups in total. The molecule has 0 spiro atoms. The number of aromatic hydroxyl groups is 1. The fraction of sp³-hybridized carbons (Fsp3) is 0.0909. The molecule has 0 atom stereocenters. The number of phenolic OH excluding ortho intramolecular Hbond substituents is 1. The smallest absolute Gasteiger partial charge is 0.293 e. The minimum absolute atomic E-state index is 0.0636.